The third kappa shape index (κ3) is 9.88. The smallest absolute Gasteiger partial charge is 0.300 e. The molecule has 0 bridgehead atoms. The van der Waals surface area contributed by atoms with Crippen molar-refractivity contribution in [2.45, 2.75) is 69.0 Å². The van der Waals surface area contributed by atoms with Crippen molar-refractivity contribution in [2.24, 2.45) is 0 Å². The van der Waals surface area contributed by atoms with E-state index in [2.05, 4.69) is 39.0 Å². The molecule has 2 amide bonds. The Kier molecular flexibility index (Phi) is 13.4. The molecule has 3 N–H and O–H groups in total. The van der Waals surface area contributed by atoms with Gasteiger partial charge in [-0.15, -0.1) is 0 Å². The molecule has 0 aliphatic heterocycles. The highest BCUT2D eigenvalue weighted by Gasteiger charge is 2.38. The van der Waals surface area contributed by atoms with E-state index in [1.54, 1.807) is 111 Å². The van der Waals surface area contributed by atoms with Crippen LogP contribution in [0.3, 0.4) is 0 Å². The number of carbonyl (C=O) groups is 2. The average Bonchev–Trinajstić information content (AvgIpc) is 3.97. The second kappa shape index (κ2) is 19.2. The van der Waals surface area contributed by atoms with Crippen molar-refractivity contribution in [1.82, 2.24) is 33.1 Å². The Bertz CT molecular complexity index is 3710. The van der Waals surface area contributed by atoms with Gasteiger partial charge in [0.1, 0.15) is 16.8 Å². The van der Waals surface area contributed by atoms with Crippen LogP contribution in [0.15, 0.2) is 150 Å². The van der Waals surface area contributed by atoms with Crippen molar-refractivity contribution in [3.63, 3.8) is 0 Å². The first-order valence-electron chi connectivity index (χ1n) is 22.6. The number of carbonyl (C=O) groups excluding carboxylic acids is 2. The van der Waals surface area contributed by atoms with E-state index in [1.807, 2.05) is 64.1 Å². The number of aromatic amines is 1. The summed E-state index contributed by atoms with van der Waals surface area (Å²) in [6.45, 7) is 14.4. The number of hydrogen-bond donors (Lipinski definition) is 3. The van der Waals surface area contributed by atoms with Gasteiger partial charge in [-0.05, 0) is 118 Å². The summed E-state index contributed by atoms with van der Waals surface area (Å²) in [6, 6.07) is 29.7. The van der Waals surface area contributed by atoms with E-state index in [9.17, 15) is 26.4 Å². The van der Waals surface area contributed by atoms with Gasteiger partial charge >= 0.3 is 0 Å². The van der Waals surface area contributed by atoms with Crippen molar-refractivity contribution in [1.29, 1.82) is 0 Å². The van der Waals surface area contributed by atoms with Crippen LogP contribution in [0.2, 0.25) is 0 Å². The van der Waals surface area contributed by atoms with Gasteiger partial charge in [0.2, 0.25) is 26.0 Å². The molecule has 362 valence electrons. The molecule has 4 heterocycles. The Labute approximate surface area is 413 Å². The number of rotatable bonds is 13. The summed E-state index contributed by atoms with van der Waals surface area (Å²) in [7, 11) is -5.13. The zero-order valence-electron chi connectivity index (χ0n) is 40.6. The summed E-state index contributed by atoms with van der Waals surface area (Å²) >= 11 is 0. The second-order valence-electron chi connectivity index (χ2n) is 18.3. The van der Waals surface area contributed by atoms with Gasteiger partial charge < -0.3 is 20.2 Å². The SMILES string of the molecule is C=CC(=O)Nc1cccc(-c2cnc3[nH]cc(-c4cccc(S(=O)(=O)N(C)C(C)(C)n5cc(-c6cccc(S(=O)(=O)N(C)C(C)(C)C)c6)c6cc(-c7cccc(NC(=O)C#CCC)c7)cnc65)c4)c3n2)c1. The van der Waals surface area contributed by atoms with Gasteiger partial charge in [0, 0.05) is 83.7 Å². The van der Waals surface area contributed by atoms with Crippen LogP contribution in [0.4, 0.5) is 11.4 Å². The summed E-state index contributed by atoms with van der Waals surface area (Å²) < 4.78 is 62.3. The molecule has 4 aromatic heterocycles. The van der Waals surface area contributed by atoms with Crippen LogP contribution in [0.5, 0.6) is 0 Å². The molecule has 4 aromatic carbocycles. The van der Waals surface area contributed by atoms with E-state index in [4.69, 9.17) is 9.97 Å². The zero-order chi connectivity index (χ0) is 51.0. The van der Waals surface area contributed by atoms with Gasteiger partial charge in [-0.25, -0.2) is 31.8 Å². The Morgan fingerprint density at radius 2 is 1.32 bits per heavy atom. The van der Waals surface area contributed by atoms with Crippen molar-refractivity contribution in [3.05, 3.63) is 141 Å². The second-order valence-corrected chi connectivity index (χ2v) is 22.2. The molecule has 0 aliphatic carbocycles. The van der Waals surface area contributed by atoms with Gasteiger partial charge in [0.25, 0.3) is 5.91 Å². The number of fused-ring (bicyclic) bond motifs is 2. The van der Waals surface area contributed by atoms with E-state index in [0.717, 1.165) is 5.56 Å². The highest BCUT2D eigenvalue weighted by Crippen LogP contribution is 2.40. The highest BCUT2D eigenvalue weighted by atomic mass is 32.2. The van der Waals surface area contributed by atoms with Crippen molar-refractivity contribution >= 4 is 65.4 Å². The molecular weight excluding hydrogens is 935 g/mol. The molecule has 0 aliphatic rings. The number of amides is 2. The van der Waals surface area contributed by atoms with Gasteiger partial charge in [0.15, 0.2) is 5.65 Å². The van der Waals surface area contributed by atoms with Gasteiger partial charge in [-0.2, -0.15) is 8.61 Å². The van der Waals surface area contributed by atoms with Gasteiger partial charge in [-0.3, -0.25) is 9.59 Å². The minimum Gasteiger partial charge on any atom is -0.344 e. The van der Waals surface area contributed by atoms with Crippen LogP contribution < -0.4 is 10.6 Å². The fourth-order valence-electron chi connectivity index (χ4n) is 7.99. The lowest BCUT2D eigenvalue weighted by molar-refractivity contribution is -0.112. The molecule has 71 heavy (non-hydrogen) atoms. The summed E-state index contributed by atoms with van der Waals surface area (Å²) in [5.74, 6) is 4.57. The third-order valence-electron chi connectivity index (χ3n) is 12.4. The normalized spacial score (nSPS) is 12.3. The molecule has 17 heteroatoms. The van der Waals surface area contributed by atoms with Gasteiger partial charge in [0.05, 0.1) is 21.7 Å². The van der Waals surface area contributed by atoms with Crippen molar-refractivity contribution in [3.8, 4) is 56.5 Å². The number of hydrogen-bond acceptors (Lipinski definition) is 9. The van der Waals surface area contributed by atoms with Crippen LogP contribution >= 0.6 is 0 Å². The van der Waals surface area contributed by atoms with Crippen LogP contribution in [0.25, 0.3) is 66.8 Å². The molecule has 0 atom stereocenters. The van der Waals surface area contributed by atoms with Crippen molar-refractivity contribution < 1.29 is 26.4 Å². The molecule has 8 aromatic rings. The average molecular weight is 988 g/mol. The lowest BCUT2D eigenvalue weighted by Gasteiger charge is -2.36. The molecule has 0 saturated heterocycles. The van der Waals surface area contributed by atoms with E-state index < -0.39 is 37.2 Å². The fourth-order valence-corrected chi connectivity index (χ4v) is 11.1. The number of nitrogens with zero attached hydrogens (tertiary/aromatic N) is 6. The van der Waals surface area contributed by atoms with Crippen LogP contribution in [0.1, 0.15) is 48.0 Å². The first-order chi connectivity index (χ1) is 33.6. The third-order valence-corrected chi connectivity index (χ3v) is 16.5. The zero-order valence-corrected chi connectivity index (χ0v) is 42.2. The van der Waals surface area contributed by atoms with Crippen molar-refractivity contribution in [2.75, 3.05) is 24.7 Å². The number of anilines is 2. The number of pyridine rings is 1. The molecule has 0 saturated carbocycles. The monoisotopic (exact) mass is 987 g/mol. The molecule has 0 fully saturated rings. The molecule has 0 unspecified atom stereocenters. The molecule has 0 spiro atoms. The predicted molar refractivity (Wildman–Crippen MR) is 280 cm³/mol. The maximum Gasteiger partial charge on any atom is 0.300 e. The minimum absolute atomic E-state index is 0.0233. The maximum absolute atomic E-state index is 14.9. The topological polar surface area (TPSA) is 192 Å². The van der Waals surface area contributed by atoms with E-state index >= 15 is 0 Å². The quantitative estimate of drug-likeness (QED) is 0.0745. The molecular formula is C54H53N9O6S2. The number of aromatic nitrogens is 5. The first kappa shape index (κ1) is 49.7. The van der Waals surface area contributed by atoms with Crippen LogP contribution in [0, 0.1) is 11.8 Å². The number of benzene rings is 4. The molecule has 8 rings (SSSR count). The Morgan fingerprint density at radius 3 is 1.97 bits per heavy atom. The summed E-state index contributed by atoms with van der Waals surface area (Å²) in [6.07, 6.45) is 8.57. The number of nitrogens with one attached hydrogen (secondary N) is 3. The van der Waals surface area contributed by atoms with Crippen LogP contribution in [-0.2, 0) is 35.3 Å². The molecule has 0 radical (unpaired) electrons. The number of H-pyrrole nitrogens is 1. The van der Waals surface area contributed by atoms with Crippen LogP contribution in [-0.4, -0.2) is 81.4 Å². The van der Waals surface area contributed by atoms with E-state index in [0.29, 0.717) is 79.1 Å². The lowest BCUT2D eigenvalue weighted by Crippen LogP contribution is -2.46. The Morgan fingerprint density at radius 1 is 0.732 bits per heavy atom. The van der Waals surface area contributed by atoms with E-state index in [1.165, 1.54) is 27.8 Å². The summed E-state index contributed by atoms with van der Waals surface area (Å²) in [5.41, 5.74) is 5.59. The predicted octanol–water partition coefficient (Wildman–Crippen LogP) is 9.88. The Balaban J connectivity index is 1.20. The highest BCUT2D eigenvalue weighted by molar-refractivity contribution is 7.89. The largest absolute Gasteiger partial charge is 0.344 e. The standard InChI is InChI=1S/C54H53N9O6S2/c1-10-12-25-49(65)59-40-21-13-17-35(26-40)39-30-44-46(37-19-16-23-42(29-37)70(66,67)61(8)53(3,4)5)34-63(52(44)57-31-39)54(6,7)62(9)71(68,69)43-24-15-18-36(28-43)45-32-55-51-50(45)60-47(33-56-51)38-20-14-22-41(27-38)58-48(64)11-2/h11,13-24,26-34H,2,10H2,1,3-9H3,(H,55,56)(H,58,64)(H,59,65). The minimum atomic E-state index is -4.26. The van der Waals surface area contributed by atoms with E-state index in [-0.39, 0.29) is 15.7 Å². The maximum atomic E-state index is 14.9. The number of sulfonamides is 2. The molecule has 15 nitrogen and oxygen atoms in total. The summed E-state index contributed by atoms with van der Waals surface area (Å²) in [4.78, 5) is 42.2. The lowest BCUT2D eigenvalue weighted by atomic mass is 10.0. The Hall–Kier alpha value is -7.75. The summed E-state index contributed by atoms with van der Waals surface area (Å²) in [5, 5.41) is 6.20. The van der Waals surface area contributed by atoms with Gasteiger partial charge in [-0.1, -0.05) is 68.0 Å². The first-order valence-corrected chi connectivity index (χ1v) is 25.5. The fraction of sp³-hybridized carbons (Fsp3) is 0.204.